The summed E-state index contributed by atoms with van der Waals surface area (Å²) in [6.45, 7) is 2.45. The van der Waals surface area contributed by atoms with Gasteiger partial charge >= 0.3 is 0 Å². The van der Waals surface area contributed by atoms with Crippen molar-refractivity contribution in [2.75, 3.05) is 7.11 Å². The number of benzene rings is 2. The third kappa shape index (κ3) is 3.42. The maximum Gasteiger partial charge on any atom is 0.196 e. The Hall–Kier alpha value is -3.74. The molecular formula is C24H22FN5O. The van der Waals surface area contributed by atoms with Gasteiger partial charge in [-0.25, -0.2) is 19.0 Å². The molecule has 0 fully saturated rings. The summed E-state index contributed by atoms with van der Waals surface area (Å²) in [4.78, 5) is 8.76. The molecule has 0 radical (unpaired) electrons. The molecular weight excluding hydrogens is 393 g/mol. The van der Waals surface area contributed by atoms with Gasteiger partial charge in [0.15, 0.2) is 17.3 Å². The molecule has 0 unspecified atom stereocenters. The fourth-order valence-electron chi connectivity index (χ4n) is 3.96. The van der Waals surface area contributed by atoms with E-state index in [1.807, 2.05) is 60.2 Å². The number of methoxy groups -OCH3 is 1. The number of rotatable bonds is 5. The van der Waals surface area contributed by atoms with Gasteiger partial charge in [-0.2, -0.15) is 5.10 Å². The molecule has 2 aromatic carbocycles. The van der Waals surface area contributed by atoms with Crippen molar-refractivity contribution in [3.05, 3.63) is 89.5 Å². The van der Waals surface area contributed by atoms with Gasteiger partial charge in [0, 0.05) is 19.2 Å². The van der Waals surface area contributed by atoms with E-state index < -0.39 is 5.67 Å². The fraction of sp³-hybridized carbons (Fsp3) is 0.208. The van der Waals surface area contributed by atoms with E-state index >= 15 is 4.39 Å². The number of fused-ring (bicyclic) bond motifs is 1. The number of halogens is 1. The molecule has 0 spiro atoms. The number of hydrogen-bond donors (Lipinski definition) is 0. The summed E-state index contributed by atoms with van der Waals surface area (Å²) in [6.07, 6.45) is 7.75. The predicted octanol–water partition coefficient (Wildman–Crippen LogP) is 4.57. The lowest BCUT2D eigenvalue weighted by Gasteiger charge is -2.17. The Labute approximate surface area is 179 Å². The molecule has 1 aliphatic rings. The molecule has 1 atom stereocenters. The number of aromatic nitrogens is 5. The Morgan fingerprint density at radius 1 is 1.13 bits per heavy atom. The Kier molecular flexibility index (Phi) is 4.66. The van der Waals surface area contributed by atoms with E-state index in [0.29, 0.717) is 30.2 Å². The summed E-state index contributed by atoms with van der Waals surface area (Å²) < 4.78 is 24.9. The molecule has 3 heterocycles. The second kappa shape index (κ2) is 7.50. The highest BCUT2D eigenvalue weighted by Crippen LogP contribution is 2.41. The van der Waals surface area contributed by atoms with Crippen molar-refractivity contribution in [2.24, 2.45) is 0 Å². The van der Waals surface area contributed by atoms with Crippen molar-refractivity contribution < 1.29 is 9.13 Å². The monoisotopic (exact) mass is 415 g/mol. The zero-order chi connectivity index (χ0) is 21.4. The third-order valence-corrected chi connectivity index (χ3v) is 5.56. The highest BCUT2D eigenvalue weighted by Gasteiger charge is 2.44. The number of hydrogen-bond acceptors (Lipinski definition) is 4. The normalized spacial score (nSPS) is 17.9. The SMILES string of the molecule is COc1cc(/C=C/c2nc3n(n2)CC[C@]3(F)c2ccccc2)ccc1-n1cnc(C)c1. The fourth-order valence-corrected chi connectivity index (χ4v) is 3.96. The van der Waals surface area contributed by atoms with Crippen molar-refractivity contribution in [2.45, 2.75) is 25.6 Å². The van der Waals surface area contributed by atoms with Gasteiger partial charge in [0.1, 0.15) is 5.75 Å². The van der Waals surface area contributed by atoms with E-state index in [4.69, 9.17) is 4.74 Å². The number of alkyl halides is 1. The van der Waals surface area contributed by atoms with Crippen molar-refractivity contribution in [1.82, 2.24) is 24.3 Å². The lowest BCUT2D eigenvalue weighted by atomic mass is 9.94. The predicted molar refractivity (Wildman–Crippen MR) is 117 cm³/mol. The van der Waals surface area contributed by atoms with E-state index in [1.54, 1.807) is 36.3 Å². The Bertz CT molecular complexity index is 1260. The molecule has 0 aliphatic carbocycles. The second-order valence-electron chi connectivity index (χ2n) is 7.62. The van der Waals surface area contributed by atoms with Gasteiger partial charge < -0.3 is 9.30 Å². The molecule has 4 aromatic rings. The molecule has 156 valence electrons. The van der Waals surface area contributed by atoms with Crippen LogP contribution in [0.4, 0.5) is 4.39 Å². The van der Waals surface area contributed by atoms with Crippen LogP contribution in [0.1, 0.15) is 34.9 Å². The molecule has 0 amide bonds. The first-order chi connectivity index (χ1) is 15.1. The van der Waals surface area contributed by atoms with E-state index in [9.17, 15) is 0 Å². The highest BCUT2D eigenvalue weighted by atomic mass is 19.1. The van der Waals surface area contributed by atoms with Crippen molar-refractivity contribution in [3.63, 3.8) is 0 Å². The van der Waals surface area contributed by atoms with Crippen LogP contribution in [-0.4, -0.2) is 31.4 Å². The molecule has 2 aromatic heterocycles. The first kappa shape index (κ1) is 19.2. The Balaban J connectivity index is 1.42. The van der Waals surface area contributed by atoms with Crippen LogP contribution < -0.4 is 4.74 Å². The first-order valence-corrected chi connectivity index (χ1v) is 10.1. The molecule has 7 heteroatoms. The van der Waals surface area contributed by atoms with Gasteiger partial charge in [-0.05, 0) is 36.3 Å². The zero-order valence-electron chi connectivity index (χ0n) is 17.4. The third-order valence-electron chi connectivity index (χ3n) is 5.56. The van der Waals surface area contributed by atoms with Crippen LogP contribution in [0.15, 0.2) is 61.1 Å². The quantitative estimate of drug-likeness (QED) is 0.479. The number of ether oxygens (including phenoxy) is 1. The molecule has 0 saturated carbocycles. The van der Waals surface area contributed by atoms with Gasteiger partial charge in [-0.3, -0.25) is 0 Å². The van der Waals surface area contributed by atoms with E-state index in [1.165, 1.54) is 0 Å². The molecule has 0 bridgehead atoms. The lowest BCUT2D eigenvalue weighted by molar-refractivity contribution is 0.217. The van der Waals surface area contributed by atoms with Crippen molar-refractivity contribution in [3.8, 4) is 11.4 Å². The smallest absolute Gasteiger partial charge is 0.196 e. The summed E-state index contributed by atoms with van der Waals surface area (Å²) >= 11 is 0. The van der Waals surface area contributed by atoms with E-state index in [0.717, 1.165) is 22.7 Å². The summed E-state index contributed by atoms with van der Waals surface area (Å²) in [5.41, 5.74) is 1.79. The summed E-state index contributed by atoms with van der Waals surface area (Å²) in [5.74, 6) is 1.58. The minimum absolute atomic E-state index is 0.350. The molecule has 5 rings (SSSR count). The van der Waals surface area contributed by atoms with Crippen LogP contribution in [0, 0.1) is 6.92 Å². The average Bonchev–Trinajstić information content (AvgIpc) is 3.50. The van der Waals surface area contributed by atoms with Crippen LogP contribution in [0.25, 0.3) is 17.8 Å². The first-order valence-electron chi connectivity index (χ1n) is 10.1. The Morgan fingerprint density at radius 3 is 2.71 bits per heavy atom. The van der Waals surface area contributed by atoms with Crippen LogP contribution in [0.5, 0.6) is 5.75 Å². The van der Waals surface area contributed by atoms with Gasteiger partial charge in [0.05, 0.1) is 24.8 Å². The zero-order valence-corrected chi connectivity index (χ0v) is 17.4. The number of aryl methyl sites for hydroxylation is 2. The van der Waals surface area contributed by atoms with Crippen LogP contribution >= 0.6 is 0 Å². The molecule has 31 heavy (non-hydrogen) atoms. The Morgan fingerprint density at radius 2 is 1.97 bits per heavy atom. The minimum atomic E-state index is -1.60. The lowest BCUT2D eigenvalue weighted by Crippen LogP contribution is -2.19. The number of imidazole rings is 1. The highest BCUT2D eigenvalue weighted by molar-refractivity contribution is 5.69. The van der Waals surface area contributed by atoms with E-state index in [2.05, 4.69) is 15.1 Å². The van der Waals surface area contributed by atoms with Gasteiger partial charge in [0.25, 0.3) is 0 Å². The largest absolute Gasteiger partial charge is 0.495 e. The molecule has 0 N–H and O–H groups in total. The van der Waals surface area contributed by atoms with Crippen LogP contribution in [-0.2, 0) is 12.2 Å². The maximum atomic E-state index is 15.7. The van der Waals surface area contributed by atoms with Gasteiger partial charge in [-0.1, -0.05) is 42.5 Å². The minimum Gasteiger partial charge on any atom is -0.495 e. The van der Waals surface area contributed by atoms with Crippen LogP contribution in [0.3, 0.4) is 0 Å². The van der Waals surface area contributed by atoms with E-state index in [-0.39, 0.29) is 0 Å². The molecule has 6 nitrogen and oxygen atoms in total. The second-order valence-corrected chi connectivity index (χ2v) is 7.62. The summed E-state index contributed by atoms with van der Waals surface area (Å²) in [6, 6.07) is 15.1. The standard InChI is InChI=1S/C24H22FN5O/c1-17-15-29(16-26-17)20-10-8-18(14-21(20)31-2)9-11-22-27-23-24(25,12-13-30(23)28-22)19-6-4-3-5-7-19/h3-11,14-16H,12-13H2,1-2H3/b11-9+/t24-/m0/s1. The van der Waals surface area contributed by atoms with Crippen LogP contribution in [0.2, 0.25) is 0 Å². The number of nitrogens with zero attached hydrogens (tertiary/aromatic N) is 5. The van der Waals surface area contributed by atoms with Crippen molar-refractivity contribution >= 4 is 12.2 Å². The maximum absolute atomic E-state index is 15.7. The summed E-state index contributed by atoms with van der Waals surface area (Å²) in [5, 5.41) is 4.47. The van der Waals surface area contributed by atoms with Gasteiger partial charge in [0.2, 0.25) is 0 Å². The topological polar surface area (TPSA) is 57.8 Å². The molecule has 1 aliphatic heterocycles. The average molecular weight is 415 g/mol. The summed E-state index contributed by atoms with van der Waals surface area (Å²) in [7, 11) is 1.64. The van der Waals surface area contributed by atoms with Gasteiger partial charge in [-0.15, -0.1) is 0 Å². The molecule has 0 saturated heterocycles. The van der Waals surface area contributed by atoms with Crippen molar-refractivity contribution in [1.29, 1.82) is 0 Å².